The third-order valence-corrected chi connectivity index (χ3v) is 3.40. The predicted octanol–water partition coefficient (Wildman–Crippen LogP) is 2.29. The average molecular weight is 251 g/mol. The minimum atomic E-state index is -1.17. The van der Waals surface area contributed by atoms with Crippen molar-refractivity contribution in [3.8, 4) is 0 Å². The Morgan fingerprint density at radius 1 is 1.39 bits per heavy atom. The molecule has 18 heavy (non-hydrogen) atoms. The average Bonchev–Trinajstić information content (AvgIpc) is 2.92. The number of rotatable bonds is 6. The van der Waals surface area contributed by atoms with E-state index >= 15 is 0 Å². The van der Waals surface area contributed by atoms with Crippen molar-refractivity contribution in [1.29, 1.82) is 0 Å². The van der Waals surface area contributed by atoms with Crippen LogP contribution in [0.2, 0.25) is 0 Å². The summed E-state index contributed by atoms with van der Waals surface area (Å²) in [5, 5.41) is 11.5. The fourth-order valence-electron chi connectivity index (χ4n) is 2.15. The van der Waals surface area contributed by atoms with E-state index in [0.717, 1.165) is 25.7 Å². The Morgan fingerprint density at radius 2 is 2.06 bits per heavy atom. The van der Waals surface area contributed by atoms with Gasteiger partial charge in [0, 0.05) is 6.54 Å². The molecule has 0 saturated heterocycles. The SMILES string of the molecule is CCCC1(CNC(=O)c2ccc(C(=O)O)o2)CC1. The highest BCUT2D eigenvalue weighted by Gasteiger charge is 2.41. The third-order valence-electron chi connectivity index (χ3n) is 3.40. The van der Waals surface area contributed by atoms with Crippen LogP contribution in [0.1, 0.15) is 53.7 Å². The van der Waals surface area contributed by atoms with Crippen molar-refractivity contribution in [1.82, 2.24) is 5.32 Å². The molecule has 0 aromatic carbocycles. The molecule has 0 spiro atoms. The van der Waals surface area contributed by atoms with E-state index in [-0.39, 0.29) is 22.8 Å². The van der Waals surface area contributed by atoms with Crippen LogP contribution in [0.25, 0.3) is 0 Å². The number of nitrogens with one attached hydrogen (secondary N) is 1. The molecular weight excluding hydrogens is 234 g/mol. The zero-order valence-corrected chi connectivity index (χ0v) is 10.4. The van der Waals surface area contributed by atoms with Gasteiger partial charge in [0.05, 0.1) is 0 Å². The zero-order chi connectivity index (χ0) is 13.2. The van der Waals surface area contributed by atoms with Gasteiger partial charge >= 0.3 is 5.97 Å². The molecule has 2 rings (SSSR count). The van der Waals surface area contributed by atoms with Crippen molar-refractivity contribution in [2.24, 2.45) is 5.41 Å². The van der Waals surface area contributed by atoms with E-state index in [9.17, 15) is 9.59 Å². The maximum absolute atomic E-state index is 11.8. The molecule has 1 aromatic rings. The highest BCUT2D eigenvalue weighted by Crippen LogP contribution is 2.48. The second kappa shape index (κ2) is 4.84. The summed E-state index contributed by atoms with van der Waals surface area (Å²) in [5.41, 5.74) is 0.270. The van der Waals surface area contributed by atoms with Gasteiger partial charge in [-0.05, 0) is 36.8 Å². The van der Waals surface area contributed by atoms with Crippen LogP contribution >= 0.6 is 0 Å². The Kier molecular flexibility index (Phi) is 3.41. The number of carboxylic acids is 1. The largest absolute Gasteiger partial charge is 0.475 e. The lowest BCUT2D eigenvalue weighted by atomic mass is 10.0. The lowest BCUT2D eigenvalue weighted by Gasteiger charge is -2.13. The number of amides is 1. The van der Waals surface area contributed by atoms with Crippen molar-refractivity contribution >= 4 is 11.9 Å². The Morgan fingerprint density at radius 3 is 2.56 bits per heavy atom. The first-order chi connectivity index (χ1) is 8.56. The van der Waals surface area contributed by atoms with Crippen LogP contribution in [0.3, 0.4) is 0 Å². The molecular formula is C13H17NO4. The lowest BCUT2D eigenvalue weighted by molar-refractivity contribution is 0.0659. The number of aromatic carboxylic acids is 1. The molecule has 1 heterocycles. The number of furan rings is 1. The Labute approximate surface area is 105 Å². The van der Waals surface area contributed by atoms with E-state index in [1.54, 1.807) is 0 Å². The zero-order valence-electron chi connectivity index (χ0n) is 10.4. The molecule has 5 nitrogen and oxygen atoms in total. The normalized spacial score (nSPS) is 16.3. The fraction of sp³-hybridized carbons (Fsp3) is 0.538. The predicted molar refractivity (Wildman–Crippen MR) is 64.6 cm³/mol. The van der Waals surface area contributed by atoms with Gasteiger partial charge in [0.25, 0.3) is 5.91 Å². The summed E-state index contributed by atoms with van der Waals surface area (Å²) in [6, 6.07) is 2.67. The molecule has 98 valence electrons. The van der Waals surface area contributed by atoms with Gasteiger partial charge in [-0.25, -0.2) is 4.79 Å². The van der Waals surface area contributed by atoms with E-state index in [2.05, 4.69) is 12.2 Å². The van der Waals surface area contributed by atoms with E-state index in [1.165, 1.54) is 12.1 Å². The molecule has 0 unspecified atom stereocenters. The third kappa shape index (κ3) is 2.72. The summed E-state index contributed by atoms with van der Waals surface area (Å²) < 4.78 is 4.94. The Bertz CT molecular complexity index is 459. The molecule has 5 heteroatoms. The van der Waals surface area contributed by atoms with Crippen molar-refractivity contribution < 1.29 is 19.1 Å². The first-order valence-corrected chi connectivity index (χ1v) is 6.18. The van der Waals surface area contributed by atoms with Gasteiger partial charge in [0.1, 0.15) is 0 Å². The molecule has 1 amide bonds. The standard InChI is InChI=1S/C13H17NO4/c1-2-5-13(6-7-13)8-14-11(15)9-3-4-10(18-9)12(16)17/h3-4H,2,5-8H2,1H3,(H,14,15)(H,16,17). The fourth-order valence-corrected chi connectivity index (χ4v) is 2.15. The first kappa shape index (κ1) is 12.7. The topological polar surface area (TPSA) is 79.5 Å². The molecule has 0 atom stereocenters. The van der Waals surface area contributed by atoms with Gasteiger partial charge in [-0.1, -0.05) is 13.3 Å². The van der Waals surface area contributed by atoms with Crippen LogP contribution in [-0.2, 0) is 0 Å². The van der Waals surface area contributed by atoms with E-state index in [1.807, 2.05) is 0 Å². The van der Waals surface area contributed by atoms with Gasteiger partial charge in [-0.15, -0.1) is 0 Å². The second-order valence-corrected chi connectivity index (χ2v) is 4.90. The van der Waals surface area contributed by atoms with Gasteiger partial charge in [0.2, 0.25) is 5.76 Å². The Balaban J connectivity index is 1.89. The number of carbonyl (C=O) groups excluding carboxylic acids is 1. The van der Waals surface area contributed by atoms with Gasteiger partial charge in [-0.3, -0.25) is 4.79 Å². The van der Waals surface area contributed by atoms with E-state index < -0.39 is 5.97 Å². The number of hydrogen-bond donors (Lipinski definition) is 2. The smallest absolute Gasteiger partial charge is 0.371 e. The summed E-state index contributed by atoms with van der Waals surface area (Å²) in [6.45, 7) is 2.77. The van der Waals surface area contributed by atoms with Crippen molar-refractivity contribution in [2.45, 2.75) is 32.6 Å². The Hall–Kier alpha value is -1.78. The molecule has 1 aliphatic rings. The van der Waals surface area contributed by atoms with E-state index in [0.29, 0.717) is 6.54 Å². The monoisotopic (exact) mass is 251 g/mol. The van der Waals surface area contributed by atoms with Gasteiger partial charge < -0.3 is 14.8 Å². The van der Waals surface area contributed by atoms with Crippen LogP contribution in [0, 0.1) is 5.41 Å². The lowest BCUT2D eigenvalue weighted by Crippen LogP contribution is -2.29. The highest BCUT2D eigenvalue weighted by atomic mass is 16.4. The van der Waals surface area contributed by atoms with Crippen molar-refractivity contribution in [2.75, 3.05) is 6.54 Å². The molecule has 1 fully saturated rings. The molecule has 1 saturated carbocycles. The first-order valence-electron chi connectivity index (χ1n) is 6.18. The highest BCUT2D eigenvalue weighted by molar-refractivity contribution is 5.93. The van der Waals surface area contributed by atoms with Gasteiger partial charge in [0.15, 0.2) is 5.76 Å². The molecule has 1 aliphatic carbocycles. The number of carboxylic acid groups (broad SMARTS) is 1. The van der Waals surface area contributed by atoms with Crippen molar-refractivity contribution in [3.63, 3.8) is 0 Å². The summed E-state index contributed by atoms with van der Waals surface area (Å²) >= 11 is 0. The molecule has 0 aliphatic heterocycles. The number of hydrogen-bond acceptors (Lipinski definition) is 3. The van der Waals surface area contributed by atoms with Crippen LogP contribution in [0.4, 0.5) is 0 Å². The maximum atomic E-state index is 11.8. The minimum absolute atomic E-state index is 0.0553. The van der Waals surface area contributed by atoms with E-state index in [4.69, 9.17) is 9.52 Å². The maximum Gasteiger partial charge on any atom is 0.371 e. The molecule has 2 N–H and O–H groups in total. The summed E-state index contributed by atoms with van der Waals surface area (Å²) in [5.74, 6) is -1.67. The van der Waals surface area contributed by atoms with Crippen LogP contribution in [0.5, 0.6) is 0 Å². The summed E-state index contributed by atoms with van der Waals surface area (Å²) in [6.07, 6.45) is 4.53. The van der Waals surface area contributed by atoms with Crippen LogP contribution in [0.15, 0.2) is 16.5 Å². The second-order valence-electron chi connectivity index (χ2n) is 4.90. The van der Waals surface area contributed by atoms with Crippen LogP contribution in [-0.4, -0.2) is 23.5 Å². The minimum Gasteiger partial charge on any atom is -0.475 e. The summed E-state index contributed by atoms with van der Waals surface area (Å²) in [4.78, 5) is 22.4. The van der Waals surface area contributed by atoms with Gasteiger partial charge in [-0.2, -0.15) is 0 Å². The van der Waals surface area contributed by atoms with Crippen LogP contribution < -0.4 is 5.32 Å². The quantitative estimate of drug-likeness (QED) is 0.813. The molecule has 1 aromatic heterocycles. The summed E-state index contributed by atoms with van der Waals surface area (Å²) in [7, 11) is 0. The molecule has 0 bridgehead atoms. The van der Waals surface area contributed by atoms with Crippen molar-refractivity contribution in [3.05, 3.63) is 23.7 Å². The molecule has 0 radical (unpaired) electrons. The number of carbonyl (C=O) groups is 2.